The molecule has 1 saturated heterocycles. The van der Waals surface area contributed by atoms with Gasteiger partial charge in [-0.05, 0) is 23.6 Å². The molecule has 1 fully saturated rings. The minimum absolute atomic E-state index is 0.170. The van der Waals surface area contributed by atoms with Crippen LogP contribution in [0.5, 0.6) is 0 Å². The minimum atomic E-state index is -1.17. The zero-order valence-electron chi connectivity index (χ0n) is 20.8. The molecule has 3 aromatic carbocycles. The molecule has 0 spiro atoms. The Morgan fingerprint density at radius 2 is 1.35 bits per heavy atom. The van der Waals surface area contributed by atoms with E-state index in [0.717, 1.165) is 21.6 Å². The Labute approximate surface area is 216 Å². The molecule has 1 aliphatic rings. The third-order valence-corrected chi connectivity index (χ3v) is 6.52. The van der Waals surface area contributed by atoms with Crippen LogP contribution in [0.4, 0.5) is 4.79 Å². The zero-order valence-corrected chi connectivity index (χ0v) is 20.8. The van der Waals surface area contributed by atoms with Crippen molar-refractivity contribution < 1.29 is 19.5 Å². The van der Waals surface area contributed by atoms with E-state index in [1.807, 2.05) is 91.0 Å². The number of carbonyl (C=O) groups is 3. The first-order valence-corrected chi connectivity index (χ1v) is 12.4. The van der Waals surface area contributed by atoms with Gasteiger partial charge in [0.1, 0.15) is 6.04 Å². The number of benzene rings is 3. The third-order valence-electron chi connectivity index (χ3n) is 6.52. The second kappa shape index (κ2) is 12.3. The van der Waals surface area contributed by atoms with Crippen LogP contribution in [0.15, 0.2) is 91.0 Å². The van der Waals surface area contributed by atoms with Crippen molar-refractivity contribution in [1.82, 2.24) is 20.4 Å². The maximum Gasteiger partial charge on any atom is 0.328 e. The fraction of sp³-hybridized carbons (Fsp3) is 0.276. The Balaban J connectivity index is 1.56. The SMILES string of the molecule is CC(NCc1ccccc1)C(=O)N1C(=O)N(Cc2ccccc2)[C@@H](CO)[C@H]1C(=O)NCc1ccccc1. The highest BCUT2D eigenvalue weighted by Crippen LogP contribution is 2.27. The number of carbonyl (C=O) groups excluding carboxylic acids is 3. The number of hydrogen-bond acceptors (Lipinski definition) is 5. The first-order chi connectivity index (χ1) is 18.0. The molecule has 0 aromatic heterocycles. The van der Waals surface area contributed by atoms with Crippen molar-refractivity contribution in [3.8, 4) is 0 Å². The van der Waals surface area contributed by atoms with Crippen molar-refractivity contribution in [2.75, 3.05) is 6.61 Å². The highest BCUT2D eigenvalue weighted by molar-refractivity contribution is 6.04. The first kappa shape index (κ1) is 26.1. The molecule has 1 unspecified atom stereocenters. The number of nitrogens with zero attached hydrogens (tertiary/aromatic N) is 2. The number of imide groups is 1. The van der Waals surface area contributed by atoms with Gasteiger partial charge < -0.3 is 20.6 Å². The topological polar surface area (TPSA) is 102 Å². The van der Waals surface area contributed by atoms with Crippen LogP contribution >= 0.6 is 0 Å². The van der Waals surface area contributed by atoms with E-state index in [0.29, 0.717) is 6.54 Å². The monoisotopic (exact) mass is 500 g/mol. The maximum absolute atomic E-state index is 13.6. The average Bonchev–Trinajstić information content (AvgIpc) is 3.22. The van der Waals surface area contributed by atoms with E-state index >= 15 is 0 Å². The van der Waals surface area contributed by atoms with E-state index in [1.54, 1.807) is 6.92 Å². The normalized spacial score (nSPS) is 18.1. The summed E-state index contributed by atoms with van der Waals surface area (Å²) in [5, 5.41) is 16.3. The highest BCUT2D eigenvalue weighted by atomic mass is 16.3. The summed E-state index contributed by atoms with van der Waals surface area (Å²) in [7, 11) is 0. The summed E-state index contributed by atoms with van der Waals surface area (Å²) in [4.78, 5) is 43.0. The molecule has 8 nitrogen and oxygen atoms in total. The molecule has 192 valence electrons. The van der Waals surface area contributed by atoms with Crippen molar-refractivity contribution in [3.63, 3.8) is 0 Å². The summed E-state index contributed by atoms with van der Waals surface area (Å²) in [5.74, 6) is -1.01. The smallest absolute Gasteiger partial charge is 0.328 e. The van der Waals surface area contributed by atoms with Crippen molar-refractivity contribution >= 4 is 17.8 Å². The van der Waals surface area contributed by atoms with Crippen LogP contribution < -0.4 is 10.6 Å². The number of amides is 4. The molecule has 0 aliphatic carbocycles. The predicted octanol–water partition coefficient (Wildman–Crippen LogP) is 2.68. The number of urea groups is 1. The number of rotatable bonds is 10. The molecular formula is C29H32N4O4. The van der Waals surface area contributed by atoms with Gasteiger partial charge in [-0.25, -0.2) is 9.69 Å². The van der Waals surface area contributed by atoms with Gasteiger partial charge in [0, 0.05) is 19.6 Å². The van der Waals surface area contributed by atoms with Crippen LogP contribution in [0.3, 0.4) is 0 Å². The molecule has 3 aromatic rings. The van der Waals surface area contributed by atoms with E-state index in [1.165, 1.54) is 4.90 Å². The Bertz CT molecular complexity index is 1190. The number of hydrogen-bond donors (Lipinski definition) is 3. The Kier molecular flexibility index (Phi) is 8.66. The summed E-state index contributed by atoms with van der Waals surface area (Å²) in [6.07, 6.45) is 0. The van der Waals surface area contributed by atoms with E-state index in [9.17, 15) is 19.5 Å². The molecule has 8 heteroatoms. The molecule has 4 rings (SSSR count). The fourth-order valence-corrected chi connectivity index (χ4v) is 4.48. The van der Waals surface area contributed by atoms with Gasteiger partial charge in [-0.1, -0.05) is 91.0 Å². The zero-order chi connectivity index (χ0) is 26.2. The largest absolute Gasteiger partial charge is 0.394 e. The van der Waals surface area contributed by atoms with Crippen molar-refractivity contribution in [3.05, 3.63) is 108 Å². The van der Waals surface area contributed by atoms with E-state index in [4.69, 9.17) is 0 Å². The van der Waals surface area contributed by atoms with Crippen LogP contribution in [0.25, 0.3) is 0 Å². The lowest BCUT2D eigenvalue weighted by Gasteiger charge is -2.26. The molecule has 0 radical (unpaired) electrons. The molecule has 3 N–H and O–H groups in total. The molecule has 4 amide bonds. The maximum atomic E-state index is 13.6. The fourth-order valence-electron chi connectivity index (χ4n) is 4.48. The first-order valence-electron chi connectivity index (χ1n) is 12.4. The van der Waals surface area contributed by atoms with Crippen LogP contribution in [0.2, 0.25) is 0 Å². The van der Waals surface area contributed by atoms with Gasteiger partial charge >= 0.3 is 6.03 Å². The van der Waals surface area contributed by atoms with Crippen LogP contribution in [0, 0.1) is 0 Å². The number of nitrogens with one attached hydrogen (secondary N) is 2. The van der Waals surface area contributed by atoms with Crippen LogP contribution in [0.1, 0.15) is 23.6 Å². The summed E-state index contributed by atoms with van der Waals surface area (Å²) in [6.45, 7) is 2.05. The molecule has 1 heterocycles. The predicted molar refractivity (Wildman–Crippen MR) is 140 cm³/mol. The second-order valence-corrected chi connectivity index (χ2v) is 9.09. The third kappa shape index (κ3) is 6.22. The lowest BCUT2D eigenvalue weighted by Crippen LogP contribution is -2.55. The standard InChI is InChI=1S/C29H32N4O4/c1-21(30-17-22-11-5-2-6-12-22)28(36)33-26(27(35)31-18-23-13-7-3-8-14-23)25(20-34)32(29(33)37)19-24-15-9-4-10-16-24/h2-16,21,25-26,30,34H,17-20H2,1H3,(H,31,35)/t21?,25-,26-/m0/s1. The molecular weight excluding hydrogens is 468 g/mol. The van der Waals surface area contributed by atoms with Gasteiger partial charge in [-0.3, -0.25) is 9.59 Å². The van der Waals surface area contributed by atoms with Gasteiger partial charge in [0.15, 0.2) is 0 Å². The molecule has 0 saturated carbocycles. The molecule has 3 atom stereocenters. The van der Waals surface area contributed by atoms with Crippen LogP contribution in [-0.2, 0) is 29.2 Å². The summed E-state index contributed by atoms with van der Waals surface area (Å²) >= 11 is 0. The number of aliphatic hydroxyl groups excluding tert-OH is 1. The molecule has 0 bridgehead atoms. The summed E-state index contributed by atoms with van der Waals surface area (Å²) in [5.41, 5.74) is 2.71. The lowest BCUT2D eigenvalue weighted by molar-refractivity contribution is -0.137. The van der Waals surface area contributed by atoms with Gasteiger partial charge in [0.25, 0.3) is 0 Å². The van der Waals surface area contributed by atoms with Gasteiger partial charge in [0.2, 0.25) is 11.8 Å². The van der Waals surface area contributed by atoms with Crippen LogP contribution in [-0.4, -0.2) is 57.5 Å². The summed E-state index contributed by atoms with van der Waals surface area (Å²) in [6, 6.07) is 24.9. The van der Waals surface area contributed by atoms with Gasteiger partial charge in [0.05, 0.1) is 18.7 Å². The Morgan fingerprint density at radius 3 is 1.89 bits per heavy atom. The Morgan fingerprint density at radius 1 is 0.838 bits per heavy atom. The van der Waals surface area contributed by atoms with E-state index in [2.05, 4.69) is 10.6 Å². The Hall–Kier alpha value is -4.01. The van der Waals surface area contributed by atoms with Gasteiger partial charge in [-0.15, -0.1) is 0 Å². The summed E-state index contributed by atoms with van der Waals surface area (Å²) < 4.78 is 0. The highest BCUT2D eigenvalue weighted by Gasteiger charge is 2.52. The minimum Gasteiger partial charge on any atom is -0.394 e. The van der Waals surface area contributed by atoms with Crippen molar-refractivity contribution in [2.24, 2.45) is 0 Å². The van der Waals surface area contributed by atoms with Gasteiger partial charge in [-0.2, -0.15) is 0 Å². The lowest BCUT2D eigenvalue weighted by atomic mass is 10.1. The average molecular weight is 501 g/mol. The van der Waals surface area contributed by atoms with E-state index < -0.39 is 42.6 Å². The van der Waals surface area contributed by atoms with E-state index in [-0.39, 0.29) is 13.1 Å². The number of aliphatic hydroxyl groups is 1. The molecule has 37 heavy (non-hydrogen) atoms. The van der Waals surface area contributed by atoms with Crippen molar-refractivity contribution in [1.29, 1.82) is 0 Å². The molecule has 1 aliphatic heterocycles. The quantitative estimate of drug-likeness (QED) is 0.397. The van der Waals surface area contributed by atoms with Crippen molar-refractivity contribution in [2.45, 2.75) is 44.7 Å². The second-order valence-electron chi connectivity index (χ2n) is 9.09.